The number of furan rings is 2. The van der Waals surface area contributed by atoms with Crippen molar-refractivity contribution in [2.24, 2.45) is 0 Å². The Hall–Kier alpha value is -4.27. The fraction of sp³-hybridized carbons (Fsp3) is 0.0500. The molecule has 1 aromatic carbocycles. The van der Waals surface area contributed by atoms with Crippen molar-refractivity contribution in [2.75, 3.05) is 7.11 Å². The lowest BCUT2D eigenvalue weighted by Gasteiger charge is -2.11. The fourth-order valence-electron chi connectivity index (χ4n) is 2.26. The number of carbonyl (C=O) groups is 3. The van der Waals surface area contributed by atoms with Crippen LogP contribution in [0.5, 0.6) is 5.75 Å². The van der Waals surface area contributed by atoms with Gasteiger partial charge in [-0.2, -0.15) is 0 Å². The van der Waals surface area contributed by atoms with Gasteiger partial charge in [0.05, 0.1) is 19.6 Å². The van der Waals surface area contributed by atoms with E-state index >= 15 is 0 Å². The number of ether oxygens (including phenoxy) is 1. The summed E-state index contributed by atoms with van der Waals surface area (Å²) in [6.07, 6.45) is 4.07. The zero-order valence-corrected chi connectivity index (χ0v) is 15.3. The molecule has 0 spiro atoms. The monoisotopic (exact) mass is 395 g/mol. The van der Waals surface area contributed by atoms with Crippen molar-refractivity contribution in [2.45, 2.75) is 0 Å². The van der Waals surface area contributed by atoms with E-state index in [0.29, 0.717) is 17.1 Å². The van der Waals surface area contributed by atoms with Crippen molar-refractivity contribution < 1.29 is 28.0 Å². The van der Waals surface area contributed by atoms with E-state index in [-0.39, 0.29) is 11.5 Å². The first kappa shape index (κ1) is 19.5. The first-order valence-electron chi connectivity index (χ1n) is 8.41. The van der Waals surface area contributed by atoms with E-state index in [0.717, 1.165) is 0 Å². The molecule has 0 radical (unpaired) electrons. The number of benzene rings is 1. The summed E-state index contributed by atoms with van der Waals surface area (Å²) < 4.78 is 15.2. The maximum absolute atomic E-state index is 12.5. The Morgan fingerprint density at radius 1 is 0.897 bits per heavy atom. The number of hydrogen-bond acceptors (Lipinski definition) is 6. The maximum atomic E-state index is 12.5. The van der Waals surface area contributed by atoms with E-state index in [1.54, 1.807) is 42.5 Å². The Morgan fingerprint density at radius 3 is 2.24 bits per heavy atom. The van der Waals surface area contributed by atoms with Crippen LogP contribution in [0.2, 0.25) is 0 Å². The van der Waals surface area contributed by atoms with Crippen LogP contribution >= 0.6 is 0 Å². The van der Waals surface area contributed by atoms with Gasteiger partial charge in [-0.15, -0.1) is 0 Å². The lowest BCUT2D eigenvalue weighted by molar-refractivity contribution is -0.118. The van der Waals surface area contributed by atoms with Gasteiger partial charge in [0.15, 0.2) is 5.76 Å². The summed E-state index contributed by atoms with van der Waals surface area (Å²) in [5, 5.41) is 2.42. The lowest BCUT2D eigenvalue weighted by atomic mass is 10.2. The predicted octanol–water partition coefficient (Wildman–Crippen LogP) is 2.11. The van der Waals surface area contributed by atoms with Gasteiger partial charge in [-0.3, -0.25) is 25.2 Å². The van der Waals surface area contributed by atoms with Crippen LogP contribution in [-0.2, 0) is 4.79 Å². The lowest BCUT2D eigenvalue weighted by Crippen LogP contribution is -2.45. The third kappa shape index (κ3) is 5.13. The molecule has 3 aromatic rings. The second-order valence-corrected chi connectivity index (χ2v) is 5.64. The molecule has 0 aliphatic rings. The van der Waals surface area contributed by atoms with Crippen LogP contribution in [0, 0.1) is 0 Å². The Kier molecular flexibility index (Phi) is 6.11. The van der Waals surface area contributed by atoms with Gasteiger partial charge < -0.3 is 18.9 Å². The number of nitrogens with one attached hydrogen (secondary N) is 3. The van der Waals surface area contributed by atoms with Gasteiger partial charge in [0.2, 0.25) is 0 Å². The Balaban J connectivity index is 1.69. The van der Waals surface area contributed by atoms with Gasteiger partial charge in [0.25, 0.3) is 17.7 Å². The molecule has 0 saturated carbocycles. The largest absolute Gasteiger partial charge is 0.497 e. The van der Waals surface area contributed by atoms with Crippen molar-refractivity contribution in [3.05, 3.63) is 83.8 Å². The average molecular weight is 395 g/mol. The zero-order chi connectivity index (χ0) is 20.6. The maximum Gasteiger partial charge on any atom is 0.291 e. The van der Waals surface area contributed by atoms with Gasteiger partial charge in [0.1, 0.15) is 17.2 Å². The molecule has 3 rings (SSSR count). The number of rotatable bonds is 6. The highest BCUT2D eigenvalue weighted by molar-refractivity contribution is 6.05. The molecule has 3 amide bonds. The summed E-state index contributed by atoms with van der Waals surface area (Å²) in [4.78, 5) is 36.9. The minimum atomic E-state index is -0.761. The van der Waals surface area contributed by atoms with Crippen molar-refractivity contribution >= 4 is 23.8 Å². The fourth-order valence-corrected chi connectivity index (χ4v) is 2.26. The highest BCUT2D eigenvalue weighted by Gasteiger charge is 2.17. The van der Waals surface area contributed by atoms with Crippen molar-refractivity contribution in [3.63, 3.8) is 0 Å². The van der Waals surface area contributed by atoms with Crippen LogP contribution in [0.1, 0.15) is 26.7 Å². The number of hydrazine groups is 1. The molecule has 0 atom stereocenters. The van der Waals surface area contributed by atoms with Gasteiger partial charge in [-0.05, 0) is 48.5 Å². The Morgan fingerprint density at radius 2 is 1.62 bits per heavy atom. The van der Waals surface area contributed by atoms with Crippen molar-refractivity contribution in [3.8, 4) is 5.75 Å². The molecule has 2 aromatic heterocycles. The molecule has 0 saturated heterocycles. The zero-order valence-electron chi connectivity index (χ0n) is 15.3. The summed E-state index contributed by atoms with van der Waals surface area (Å²) in [5.74, 6) is -1.00. The van der Waals surface area contributed by atoms with E-state index in [1.165, 1.54) is 31.8 Å². The van der Waals surface area contributed by atoms with Crippen molar-refractivity contribution in [1.82, 2.24) is 16.2 Å². The first-order valence-corrected chi connectivity index (χ1v) is 8.41. The van der Waals surface area contributed by atoms with Gasteiger partial charge in [-0.25, -0.2) is 0 Å². The van der Waals surface area contributed by atoms with E-state index in [1.807, 2.05) is 0 Å². The van der Waals surface area contributed by atoms with Crippen LogP contribution in [0.15, 0.2) is 75.6 Å². The molecule has 29 heavy (non-hydrogen) atoms. The second kappa shape index (κ2) is 9.09. The number of carbonyl (C=O) groups excluding carboxylic acids is 3. The smallest absolute Gasteiger partial charge is 0.291 e. The summed E-state index contributed by atoms with van der Waals surface area (Å²) in [5.41, 5.74) is 4.68. The van der Waals surface area contributed by atoms with E-state index in [2.05, 4.69) is 16.2 Å². The van der Waals surface area contributed by atoms with E-state index < -0.39 is 17.7 Å². The predicted molar refractivity (Wildman–Crippen MR) is 101 cm³/mol. The molecule has 0 unspecified atom stereocenters. The topological polar surface area (TPSA) is 123 Å². The van der Waals surface area contributed by atoms with Gasteiger partial charge in [-0.1, -0.05) is 0 Å². The summed E-state index contributed by atoms with van der Waals surface area (Å²) >= 11 is 0. The van der Waals surface area contributed by atoms with Gasteiger partial charge in [0, 0.05) is 11.6 Å². The van der Waals surface area contributed by atoms with Crippen LogP contribution in [0.3, 0.4) is 0 Å². The van der Waals surface area contributed by atoms with E-state index in [9.17, 15) is 14.4 Å². The SMILES string of the molecule is COc1ccc(C(=O)NNC(=O)C(=Cc2ccco2)NC(=O)c2ccco2)cc1. The molecule has 148 valence electrons. The van der Waals surface area contributed by atoms with Crippen LogP contribution in [0.4, 0.5) is 0 Å². The minimum Gasteiger partial charge on any atom is -0.497 e. The highest BCUT2D eigenvalue weighted by Crippen LogP contribution is 2.11. The summed E-state index contributed by atoms with van der Waals surface area (Å²) in [6, 6.07) is 12.5. The van der Waals surface area contributed by atoms with Crippen LogP contribution in [-0.4, -0.2) is 24.8 Å². The molecule has 0 aliphatic carbocycles. The molecule has 0 fully saturated rings. The summed E-state index contributed by atoms with van der Waals surface area (Å²) in [6.45, 7) is 0. The molecule has 0 aliphatic heterocycles. The first-order chi connectivity index (χ1) is 14.1. The minimum absolute atomic E-state index is 0.0189. The molecule has 9 nitrogen and oxygen atoms in total. The standard InChI is InChI=1S/C20H17N3O6/c1-27-14-8-6-13(7-9-14)18(24)22-23-19(25)16(12-15-4-2-10-28-15)21-20(26)17-5-3-11-29-17/h2-12H,1H3,(H,21,26)(H,22,24)(H,23,25). The quantitative estimate of drug-likeness (QED) is 0.434. The normalized spacial score (nSPS) is 10.9. The van der Waals surface area contributed by atoms with Crippen LogP contribution < -0.4 is 20.9 Å². The molecular weight excluding hydrogens is 378 g/mol. The molecule has 2 heterocycles. The summed E-state index contributed by atoms with van der Waals surface area (Å²) in [7, 11) is 1.51. The molecule has 3 N–H and O–H groups in total. The Bertz CT molecular complexity index is 1010. The average Bonchev–Trinajstić information content (AvgIpc) is 3.45. The van der Waals surface area contributed by atoms with Crippen molar-refractivity contribution in [1.29, 1.82) is 0 Å². The number of amides is 3. The third-order valence-electron chi connectivity index (χ3n) is 3.71. The van der Waals surface area contributed by atoms with Gasteiger partial charge >= 0.3 is 0 Å². The Labute approximate surface area is 165 Å². The molecule has 0 bridgehead atoms. The molecular formula is C20H17N3O6. The highest BCUT2D eigenvalue weighted by atomic mass is 16.5. The second-order valence-electron chi connectivity index (χ2n) is 5.64. The van der Waals surface area contributed by atoms with E-state index in [4.69, 9.17) is 13.6 Å². The number of methoxy groups -OCH3 is 1. The third-order valence-corrected chi connectivity index (χ3v) is 3.71. The molecule has 9 heteroatoms. The van der Waals surface area contributed by atoms with Crippen LogP contribution in [0.25, 0.3) is 6.08 Å². The number of hydrogen-bond donors (Lipinski definition) is 3.